The molecule has 0 saturated carbocycles. The van der Waals surface area contributed by atoms with E-state index in [1.54, 1.807) is 13.8 Å². The quantitative estimate of drug-likeness (QED) is 0.604. The third-order valence-electron chi connectivity index (χ3n) is 1.94. The van der Waals surface area contributed by atoms with Crippen molar-refractivity contribution in [2.45, 2.75) is 19.8 Å². The largest absolute Gasteiger partial charge is 0.465 e. The number of rotatable bonds is 5. The molecule has 0 aliphatic carbocycles. The van der Waals surface area contributed by atoms with Gasteiger partial charge in [-0.1, -0.05) is 0 Å². The fraction of sp³-hybridized carbons (Fsp3) is 0.455. The topological polar surface area (TPSA) is 78.4 Å². The van der Waals surface area contributed by atoms with E-state index in [9.17, 15) is 9.59 Å². The summed E-state index contributed by atoms with van der Waals surface area (Å²) in [4.78, 5) is 31.3. The summed E-state index contributed by atoms with van der Waals surface area (Å²) in [5.74, 6) is -2.59. The summed E-state index contributed by atoms with van der Waals surface area (Å²) >= 11 is 3.17. The van der Waals surface area contributed by atoms with Crippen molar-refractivity contribution in [1.82, 2.24) is 9.97 Å². The van der Waals surface area contributed by atoms with Crippen molar-refractivity contribution in [3.63, 3.8) is 0 Å². The summed E-state index contributed by atoms with van der Waals surface area (Å²) in [6.07, 6.45) is 2.90. The number of ether oxygens (including phenoxy) is 2. The molecular formula is C11H13BrN2O4. The first kappa shape index (κ1) is 14.6. The number of hydrogen-bond acceptors (Lipinski definition) is 6. The van der Waals surface area contributed by atoms with Crippen LogP contribution in [-0.2, 0) is 19.1 Å². The zero-order valence-electron chi connectivity index (χ0n) is 10.1. The van der Waals surface area contributed by atoms with Gasteiger partial charge in [0, 0.05) is 12.4 Å². The van der Waals surface area contributed by atoms with Crippen molar-refractivity contribution in [2.75, 3.05) is 13.2 Å². The van der Waals surface area contributed by atoms with E-state index in [-0.39, 0.29) is 19.0 Å². The molecule has 0 aliphatic rings. The van der Waals surface area contributed by atoms with Crippen LogP contribution in [0.2, 0.25) is 0 Å². The third-order valence-corrected chi connectivity index (χ3v) is 2.35. The Kier molecular flexibility index (Phi) is 5.70. The second kappa shape index (κ2) is 7.05. The molecule has 0 spiro atoms. The van der Waals surface area contributed by atoms with Crippen LogP contribution in [0.4, 0.5) is 0 Å². The lowest BCUT2D eigenvalue weighted by molar-refractivity contribution is -0.157. The summed E-state index contributed by atoms with van der Waals surface area (Å²) in [5.41, 5.74) is 0. The molecule has 0 N–H and O–H groups in total. The zero-order chi connectivity index (χ0) is 13.5. The first-order chi connectivity index (χ1) is 8.60. The summed E-state index contributed by atoms with van der Waals surface area (Å²) in [7, 11) is 0. The monoisotopic (exact) mass is 316 g/mol. The van der Waals surface area contributed by atoms with Gasteiger partial charge in [-0.15, -0.1) is 0 Å². The van der Waals surface area contributed by atoms with Crippen molar-refractivity contribution < 1.29 is 19.1 Å². The highest BCUT2D eigenvalue weighted by Crippen LogP contribution is 2.17. The maximum atomic E-state index is 11.7. The third kappa shape index (κ3) is 3.76. The average molecular weight is 317 g/mol. The molecule has 18 heavy (non-hydrogen) atoms. The van der Waals surface area contributed by atoms with Gasteiger partial charge in [-0.2, -0.15) is 0 Å². The van der Waals surface area contributed by atoms with Crippen LogP contribution in [0.5, 0.6) is 0 Å². The number of aromatic nitrogens is 2. The zero-order valence-corrected chi connectivity index (χ0v) is 11.6. The van der Waals surface area contributed by atoms with E-state index in [0.29, 0.717) is 4.47 Å². The summed E-state index contributed by atoms with van der Waals surface area (Å²) in [6.45, 7) is 3.65. The molecule has 0 radical (unpaired) electrons. The van der Waals surface area contributed by atoms with Crippen molar-refractivity contribution in [3.05, 3.63) is 22.7 Å². The van der Waals surface area contributed by atoms with Gasteiger partial charge >= 0.3 is 11.9 Å². The van der Waals surface area contributed by atoms with Crippen LogP contribution in [0.15, 0.2) is 16.9 Å². The molecule has 6 nitrogen and oxygen atoms in total. The minimum absolute atomic E-state index is 0.0649. The fourth-order valence-corrected chi connectivity index (χ4v) is 1.43. The highest BCUT2D eigenvalue weighted by molar-refractivity contribution is 9.10. The van der Waals surface area contributed by atoms with E-state index in [0.717, 1.165) is 0 Å². The Hall–Kier alpha value is -1.50. The Balaban J connectivity index is 2.99. The van der Waals surface area contributed by atoms with Crippen LogP contribution in [0.3, 0.4) is 0 Å². The molecule has 0 unspecified atom stereocenters. The highest BCUT2D eigenvalue weighted by atomic mass is 79.9. The molecule has 1 heterocycles. The van der Waals surface area contributed by atoms with Crippen LogP contribution < -0.4 is 0 Å². The van der Waals surface area contributed by atoms with Crippen molar-refractivity contribution in [1.29, 1.82) is 0 Å². The van der Waals surface area contributed by atoms with Gasteiger partial charge < -0.3 is 9.47 Å². The van der Waals surface area contributed by atoms with Crippen LogP contribution in [0, 0.1) is 0 Å². The standard InChI is InChI=1S/C11H13BrN2O4/c1-3-17-10(15)8(11(16)18-4-2)9-13-5-7(12)6-14-9/h5-6,8H,3-4H2,1-2H3. The summed E-state index contributed by atoms with van der Waals surface area (Å²) in [6, 6.07) is 0. The predicted molar refractivity (Wildman–Crippen MR) is 65.7 cm³/mol. The first-order valence-corrected chi connectivity index (χ1v) is 6.20. The predicted octanol–water partition coefficient (Wildman–Crippen LogP) is 1.45. The average Bonchev–Trinajstić information content (AvgIpc) is 2.33. The lowest BCUT2D eigenvalue weighted by Crippen LogP contribution is -2.27. The second-order valence-electron chi connectivity index (χ2n) is 3.20. The molecule has 0 aliphatic heterocycles. The fourth-order valence-electron chi connectivity index (χ4n) is 1.23. The van der Waals surface area contributed by atoms with Gasteiger partial charge in [0.2, 0.25) is 5.92 Å². The number of nitrogens with zero attached hydrogens (tertiary/aromatic N) is 2. The molecule has 1 rings (SSSR count). The lowest BCUT2D eigenvalue weighted by Gasteiger charge is -2.12. The summed E-state index contributed by atoms with van der Waals surface area (Å²) < 4.78 is 10.3. The molecule has 0 atom stereocenters. The van der Waals surface area contributed by atoms with Crippen molar-refractivity contribution in [3.8, 4) is 0 Å². The van der Waals surface area contributed by atoms with Crippen LogP contribution >= 0.6 is 15.9 Å². The molecule has 0 amide bonds. The Bertz CT molecular complexity index is 404. The van der Waals surface area contributed by atoms with Gasteiger partial charge in [-0.3, -0.25) is 9.59 Å². The molecule has 1 aromatic rings. The van der Waals surface area contributed by atoms with E-state index in [2.05, 4.69) is 25.9 Å². The Labute approximate surface area is 113 Å². The normalized spacial score (nSPS) is 10.2. The Morgan fingerprint density at radius 2 is 1.61 bits per heavy atom. The maximum Gasteiger partial charge on any atom is 0.328 e. The molecule has 7 heteroatoms. The number of carbonyl (C=O) groups excluding carboxylic acids is 2. The second-order valence-corrected chi connectivity index (χ2v) is 4.11. The first-order valence-electron chi connectivity index (χ1n) is 5.40. The van der Waals surface area contributed by atoms with Gasteiger partial charge in [-0.25, -0.2) is 9.97 Å². The SMILES string of the molecule is CCOC(=O)C(C(=O)OCC)c1ncc(Br)cn1. The molecule has 0 fully saturated rings. The summed E-state index contributed by atoms with van der Waals surface area (Å²) in [5, 5.41) is 0. The number of hydrogen-bond donors (Lipinski definition) is 0. The Morgan fingerprint density at radius 1 is 1.17 bits per heavy atom. The van der Waals surface area contributed by atoms with Gasteiger partial charge in [0.05, 0.1) is 17.7 Å². The highest BCUT2D eigenvalue weighted by Gasteiger charge is 2.34. The molecule has 98 valence electrons. The van der Waals surface area contributed by atoms with Crippen molar-refractivity contribution in [2.24, 2.45) is 0 Å². The lowest BCUT2D eigenvalue weighted by atomic mass is 10.1. The molecule has 0 aromatic carbocycles. The number of carbonyl (C=O) groups is 2. The minimum Gasteiger partial charge on any atom is -0.465 e. The van der Waals surface area contributed by atoms with Crippen LogP contribution in [-0.4, -0.2) is 35.1 Å². The van der Waals surface area contributed by atoms with Crippen LogP contribution in [0.25, 0.3) is 0 Å². The number of halogens is 1. The van der Waals surface area contributed by atoms with Gasteiger partial charge in [0.1, 0.15) is 0 Å². The van der Waals surface area contributed by atoms with E-state index < -0.39 is 17.9 Å². The maximum absolute atomic E-state index is 11.7. The molecule has 0 saturated heterocycles. The minimum atomic E-state index is -1.24. The van der Waals surface area contributed by atoms with Gasteiger partial charge in [-0.05, 0) is 29.8 Å². The molecule has 1 aromatic heterocycles. The Morgan fingerprint density at radius 3 is 2.00 bits per heavy atom. The van der Waals surface area contributed by atoms with E-state index in [1.165, 1.54) is 12.4 Å². The smallest absolute Gasteiger partial charge is 0.328 e. The van der Waals surface area contributed by atoms with Gasteiger partial charge in [0.15, 0.2) is 5.82 Å². The van der Waals surface area contributed by atoms with E-state index in [1.807, 2.05) is 0 Å². The molecular weight excluding hydrogens is 304 g/mol. The van der Waals surface area contributed by atoms with Crippen molar-refractivity contribution >= 4 is 27.9 Å². The molecule has 0 bridgehead atoms. The van der Waals surface area contributed by atoms with E-state index in [4.69, 9.17) is 9.47 Å². The van der Waals surface area contributed by atoms with Gasteiger partial charge in [0.25, 0.3) is 0 Å². The number of esters is 2. The van der Waals surface area contributed by atoms with Crippen LogP contribution in [0.1, 0.15) is 25.6 Å². The van der Waals surface area contributed by atoms with E-state index >= 15 is 0 Å².